The van der Waals surface area contributed by atoms with Crippen molar-refractivity contribution in [1.82, 2.24) is 0 Å². The summed E-state index contributed by atoms with van der Waals surface area (Å²) >= 11 is 0. The van der Waals surface area contributed by atoms with Gasteiger partial charge in [-0.3, -0.25) is 0 Å². The van der Waals surface area contributed by atoms with E-state index in [2.05, 4.69) is 4.74 Å². The first kappa shape index (κ1) is 14.6. The molecule has 0 aromatic carbocycles. The van der Waals surface area contributed by atoms with Crippen LogP contribution in [0.25, 0.3) is 0 Å². The fourth-order valence-corrected chi connectivity index (χ4v) is 0.471. The molecule has 5 heteroatoms. The van der Waals surface area contributed by atoms with Crippen molar-refractivity contribution in [1.29, 1.82) is 5.26 Å². The molecular formula is C7H8KNO3. The van der Waals surface area contributed by atoms with Crippen molar-refractivity contribution >= 4 is 5.97 Å². The SMILES string of the molecule is CCOC(=O)C(C#N)=C(C)[O-].[K+]. The van der Waals surface area contributed by atoms with E-state index in [1.807, 2.05) is 0 Å². The maximum Gasteiger partial charge on any atom is 1.00 e. The summed E-state index contributed by atoms with van der Waals surface area (Å²) in [4.78, 5) is 10.7. The van der Waals surface area contributed by atoms with Gasteiger partial charge in [-0.25, -0.2) is 4.79 Å². The van der Waals surface area contributed by atoms with Gasteiger partial charge in [-0.2, -0.15) is 5.26 Å². The number of nitrogens with zero attached hydrogens (tertiary/aromatic N) is 1. The summed E-state index contributed by atoms with van der Waals surface area (Å²) in [5.74, 6) is -1.41. The molecule has 0 aliphatic heterocycles. The Bertz CT molecular complexity index is 225. The monoisotopic (exact) mass is 193 g/mol. The molecule has 0 fully saturated rings. The molecule has 0 saturated heterocycles. The van der Waals surface area contributed by atoms with Crippen LogP contribution in [0.1, 0.15) is 13.8 Å². The topological polar surface area (TPSA) is 73.2 Å². The molecule has 4 nitrogen and oxygen atoms in total. The third kappa shape index (κ3) is 4.90. The van der Waals surface area contributed by atoms with Crippen molar-refractivity contribution in [2.45, 2.75) is 13.8 Å². The van der Waals surface area contributed by atoms with Crippen LogP contribution in [0.5, 0.6) is 0 Å². The maximum atomic E-state index is 10.7. The van der Waals surface area contributed by atoms with Gasteiger partial charge in [0.1, 0.15) is 11.6 Å². The number of rotatable bonds is 2. The number of nitriles is 1. The van der Waals surface area contributed by atoms with Gasteiger partial charge in [-0.05, 0) is 6.92 Å². The summed E-state index contributed by atoms with van der Waals surface area (Å²) in [7, 11) is 0. The van der Waals surface area contributed by atoms with Crippen LogP contribution in [0.2, 0.25) is 0 Å². The molecule has 0 saturated carbocycles. The molecule has 0 rings (SSSR count). The molecular weight excluding hydrogens is 185 g/mol. The van der Waals surface area contributed by atoms with Crippen LogP contribution in [0.15, 0.2) is 11.3 Å². The Morgan fingerprint density at radius 1 is 1.67 bits per heavy atom. The van der Waals surface area contributed by atoms with Crippen molar-refractivity contribution in [3.63, 3.8) is 0 Å². The maximum absolute atomic E-state index is 10.7. The minimum Gasteiger partial charge on any atom is -0.875 e. The van der Waals surface area contributed by atoms with E-state index >= 15 is 0 Å². The van der Waals surface area contributed by atoms with E-state index in [0.717, 1.165) is 6.92 Å². The number of esters is 1. The molecule has 0 aliphatic carbocycles. The Morgan fingerprint density at radius 3 is 2.42 bits per heavy atom. The summed E-state index contributed by atoms with van der Waals surface area (Å²) in [5, 5.41) is 18.8. The van der Waals surface area contributed by atoms with E-state index in [4.69, 9.17) is 5.26 Å². The van der Waals surface area contributed by atoms with Gasteiger partial charge in [0.25, 0.3) is 0 Å². The molecule has 0 N–H and O–H groups in total. The van der Waals surface area contributed by atoms with Crippen LogP contribution >= 0.6 is 0 Å². The van der Waals surface area contributed by atoms with Crippen LogP contribution < -0.4 is 56.5 Å². The van der Waals surface area contributed by atoms with Crippen LogP contribution in [0.4, 0.5) is 0 Å². The normalized spacial score (nSPS) is 10.4. The molecule has 60 valence electrons. The molecule has 0 heterocycles. The van der Waals surface area contributed by atoms with Gasteiger partial charge < -0.3 is 9.84 Å². The number of carbonyl (C=O) groups is 1. The number of hydrogen-bond acceptors (Lipinski definition) is 4. The molecule has 0 aromatic heterocycles. The van der Waals surface area contributed by atoms with E-state index in [9.17, 15) is 9.90 Å². The Morgan fingerprint density at radius 2 is 2.17 bits per heavy atom. The molecule has 0 radical (unpaired) electrons. The van der Waals surface area contributed by atoms with Crippen molar-refractivity contribution in [3.8, 4) is 6.07 Å². The third-order valence-electron chi connectivity index (χ3n) is 0.943. The Balaban J connectivity index is 0. The standard InChI is InChI=1S/C7H9NO3.K/c1-3-11-7(10)6(4-8)5(2)9;/h9H,3H2,1-2H3;/q;+1/p-1. The molecule has 0 aliphatic rings. The molecule has 0 bridgehead atoms. The molecule has 0 spiro atoms. The summed E-state index contributed by atoms with van der Waals surface area (Å²) in [5.41, 5.74) is -0.452. The zero-order chi connectivity index (χ0) is 8.85. The van der Waals surface area contributed by atoms with E-state index in [0.29, 0.717) is 0 Å². The van der Waals surface area contributed by atoms with Crippen molar-refractivity contribution in [2.24, 2.45) is 0 Å². The Hall–Kier alpha value is 0.136. The van der Waals surface area contributed by atoms with Gasteiger partial charge >= 0.3 is 57.4 Å². The van der Waals surface area contributed by atoms with Gasteiger partial charge in [0.05, 0.1) is 6.61 Å². The fourth-order valence-electron chi connectivity index (χ4n) is 0.471. The van der Waals surface area contributed by atoms with E-state index < -0.39 is 17.3 Å². The average molecular weight is 193 g/mol. The minimum absolute atomic E-state index is 0. The second kappa shape index (κ2) is 7.77. The molecule has 0 atom stereocenters. The predicted molar refractivity (Wildman–Crippen MR) is 34.9 cm³/mol. The summed E-state index contributed by atoms with van der Waals surface area (Å²) in [6, 6.07) is 1.48. The van der Waals surface area contributed by atoms with Crippen molar-refractivity contribution in [2.75, 3.05) is 6.61 Å². The van der Waals surface area contributed by atoms with E-state index in [-0.39, 0.29) is 58.0 Å². The van der Waals surface area contributed by atoms with Gasteiger partial charge in [-0.1, -0.05) is 6.92 Å². The average Bonchev–Trinajstić information content (AvgIpc) is 1.88. The summed E-state index contributed by atoms with van der Waals surface area (Å²) in [6.45, 7) is 2.92. The largest absolute Gasteiger partial charge is 1.00 e. The van der Waals surface area contributed by atoms with Crippen molar-refractivity contribution in [3.05, 3.63) is 11.3 Å². The number of ether oxygens (including phenoxy) is 1. The number of carbonyl (C=O) groups excluding carboxylic acids is 1. The zero-order valence-corrected chi connectivity index (χ0v) is 10.5. The summed E-state index contributed by atoms with van der Waals surface area (Å²) < 4.78 is 4.44. The predicted octanol–water partition coefficient (Wildman–Crippen LogP) is -3.29. The quantitative estimate of drug-likeness (QED) is 0.151. The van der Waals surface area contributed by atoms with Gasteiger partial charge in [0.15, 0.2) is 0 Å². The smallest absolute Gasteiger partial charge is 0.875 e. The zero-order valence-electron chi connectivity index (χ0n) is 7.38. The van der Waals surface area contributed by atoms with Crippen LogP contribution in [-0.4, -0.2) is 12.6 Å². The number of hydrogen-bond donors (Lipinski definition) is 0. The molecule has 0 aromatic rings. The van der Waals surface area contributed by atoms with E-state index in [1.54, 1.807) is 6.92 Å². The van der Waals surface area contributed by atoms with E-state index in [1.165, 1.54) is 6.07 Å². The van der Waals surface area contributed by atoms with Crippen LogP contribution in [-0.2, 0) is 9.53 Å². The van der Waals surface area contributed by atoms with Crippen LogP contribution in [0, 0.1) is 11.3 Å². The van der Waals surface area contributed by atoms with Gasteiger partial charge in [-0.15, -0.1) is 5.76 Å². The third-order valence-corrected chi connectivity index (χ3v) is 0.943. The van der Waals surface area contributed by atoms with Crippen molar-refractivity contribution < 1.29 is 66.0 Å². The molecule has 0 amide bonds. The molecule has 0 unspecified atom stereocenters. The second-order valence-electron chi connectivity index (χ2n) is 1.76. The minimum atomic E-state index is -0.845. The van der Waals surface area contributed by atoms with Gasteiger partial charge in [0.2, 0.25) is 0 Å². The molecule has 12 heavy (non-hydrogen) atoms. The Kier molecular flexibility index (Phi) is 9.48. The van der Waals surface area contributed by atoms with Gasteiger partial charge in [0, 0.05) is 0 Å². The first-order chi connectivity index (χ1) is 5.13. The first-order valence-corrected chi connectivity index (χ1v) is 3.08. The summed E-state index contributed by atoms with van der Waals surface area (Å²) in [6.07, 6.45) is 0. The number of allylic oxidation sites excluding steroid dienone is 1. The first-order valence-electron chi connectivity index (χ1n) is 3.08. The fraction of sp³-hybridized carbons (Fsp3) is 0.429. The second-order valence-corrected chi connectivity index (χ2v) is 1.76. The Labute approximate surface area is 114 Å². The van der Waals surface area contributed by atoms with Crippen LogP contribution in [0.3, 0.4) is 0 Å².